The lowest BCUT2D eigenvalue weighted by Crippen LogP contribution is -2.48. The number of amides is 2. The van der Waals surface area contributed by atoms with Crippen molar-refractivity contribution < 1.29 is 23.8 Å². The van der Waals surface area contributed by atoms with E-state index < -0.39 is 0 Å². The zero-order valence-corrected chi connectivity index (χ0v) is 18.4. The number of rotatable bonds is 7. The molecule has 0 saturated carbocycles. The van der Waals surface area contributed by atoms with E-state index in [1.807, 2.05) is 36.1 Å². The van der Waals surface area contributed by atoms with Crippen LogP contribution >= 0.6 is 0 Å². The van der Waals surface area contributed by atoms with Crippen molar-refractivity contribution in [1.29, 1.82) is 0 Å². The second-order valence-corrected chi connectivity index (χ2v) is 7.14. The molecular formula is C23H29N3O5. The lowest BCUT2D eigenvalue weighted by molar-refractivity contribution is -0.131. The summed E-state index contributed by atoms with van der Waals surface area (Å²) < 4.78 is 15.9. The predicted octanol–water partition coefficient (Wildman–Crippen LogP) is 3.02. The summed E-state index contributed by atoms with van der Waals surface area (Å²) in [6, 6.07) is 10.9. The van der Waals surface area contributed by atoms with Gasteiger partial charge >= 0.3 is 0 Å². The molecule has 0 atom stereocenters. The van der Waals surface area contributed by atoms with Crippen LogP contribution in [0.3, 0.4) is 0 Å². The van der Waals surface area contributed by atoms with E-state index in [2.05, 4.69) is 10.2 Å². The second kappa shape index (κ2) is 10.1. The second-order valence-electron chi connectivity index (χ2n) is 7.14. The van der Waals surface area contributed by atoms with Gasteiger partial charge in [-0.15, -0.1) is 0 Å². The summed E-state index contributed by atoms with van der Waals surface area (Å²) in [4.78, 5) is 28.7. The van der Waals surface area contributed by atoms with Crippen molar-refractivity contribution in [3.63, 3.8) is 0 Å². The van der Waals surface area contributed by atoms with Gasteiger partial charge in [-0.25, -0.2) is 0 Å². The maximum Gasteiger partial charge on any atom is 0.255 e. The van der Waals surface area contributed by atoms with Gasteiger partial charge in [-0.05, 0) is 36.4 Å². The molecule has 1 aliphatic heterocycles. The van der Waals surface area contributed by atoms with E-state index in [0.29, 0.717) is 34.9 Å². The molecular weight excluding hydrogens is 398 g/mol. The fourth-order valence-corrected chi connectivity index (χ4v) is 3.61. The summed E-state index contributed by atoms with van der Waals surface area (Å²) in [5, 5.41) is 2.90. The Morgan fingerprint density at radius 3 is 1.97 bits per heavy atom. The van der Waals surface area contributed by atoms with Gasteiger partial charge in [-0.2, -0.15) is 0 Å². The maximum absolute atomic E-state index is 12.8. The minimum atomic E-state index is -0.279. The van der Waals surface area contributed by atoms with Crippen LogP contribution in [0.1, 0.15) is 23.7 Å². The molecule has 3 rings (SSSR count). The van der Waals surface area contributed by atoms with E-state index in [1.54, 1.807) is 12.1 Å². The number of methoxy groups -OCH3 is 3. The number of anilines is 2. The van der Waals surface area contributed by atoms with Crippen molar-refractivity contribution >= 4 is 23.2 Å². The third kappa shape index (κ3) is 5.02. The first kappa shape index (κ1) is 22.3. The van der Waals surface area contributed by atoms with Crippen LogP contribution in [0, 0.1) is 0 Å². The van der Waals surface area contributed by atoms with Crippen molar-refractivity contribution in [3.05, 3.63) is 42.0 Å². The Kier molecular flexibility index (Phi) is 7.23. The average Bonchev–Trinajstić information content (AvgIpc) is 2.83. The summed E-state index contributed by atoms with van der Waals surface area (Å²) in [7, 11) is 4.54. The molecule has 1 aliphatic rings. The molecule has 0 spiro atoms. The molecule has 1 saturated heterocycles. The minimum absolute atomic E-state index is 0.199. The highest BCUT2D eigenvalue weighted by Crippen LogP contribution is 2.38. The quantitative estimate of drug-likeness (QED) is 0.732. The van der Waals surface area contributed by atoms with Gasteiger partial charge < -0.3 is 29.3 Å². The van der Waals surface area contributed by atoms with Gasteiger partial charge in [-0.3, -0.25) is 9.59 Å². The van der Waals surface area contributed by atoms with Crippen molar-refractivity contribution in [2.75, 3.05) is 57.7 Å². The van der Waals surface area contributed by atoms with Crippen LogP contribution in [-0.2, 0) is 4.79 Å². The molecule has 0 radical (unpaired) electrons. The smallest absolute Gasteiger partial charge is 0.255 e. The van der Waals surface area contributed by atoms with Gasteiger partial charge in [0, 0.05) is 49.5 Å². The van der Waals surface area contributed by atoms with Gasteiger partial charge in [0.05, 0.1) is 21.3 Å². The SMILES string of the molecule is CCC(=O)N1CCN(c2ccc(NC(=O)c3cc(OC)c(OC)c(OC)c3)cc2)CC1. The first-order valence-electron chi connectivity index (χ1n) is 10.2. The van der Waals surface area contributed by atoms with Crippen LogP contribution in [0.25, 0.3) is 0 Å². The van der Waals surface area contributed by atoms with Crippen LogP contribution in [0.15, 0.2) is 36.4 Å². The normalized spacial score (nSPS) is 13.5. The van der Waals surface area contributed by atoms with E-state index in [0.717, 1.165) is 31.9 Å². The summed E-state index contributed by atoms with van der Waals surface area (Å²) in [6.07, 6.45) is 0.542. The number of hydrogen-bond donors (Lipinski definition) is 1. The van der Waals surface area contributed by atoms with Gasteiger partial charge in [0.1, 0.15) is 0 Å². The van der Waals surface area contributed by atoms with Crippen molar-refractivity contribution in [2.24, 2.45) is 0 Å². The number of nitrogens with zero attached hydrogens (tertiary/aromatic N) is 2. The fraction of sp³-hybridized carbons (Fsp3) is 0.391. The molecule has 0 aliphatic carbocycles. The van der Waals surface area contributed by atoms with Gasteiger partial charge in [0.25, 0.3) is 5.91 Å². The molecule has 8 heteroatoms. The molecule has 2 aromatic carbocycles. The standard InChI is InChI=1S/C23H29N3O5/c1-5-21(27)26-12-10-25(11-13-26)18-8-6-17(7-9-18)24-23(28)16-14-19(29-2)22(31-4)20(15-16)30-3/h6-9,14-15H,5,10-13H2,1-4H3,(H,24,28). The number of ether oxygens (including phenoxy) is 3. The van der Waals surface area contributed by atoms with Crippen LogP contribution in [0.5, 0.6) is 17.2 Å². The zero-order chi connectivity index (χ0) is 22.4. The van der Waals surface area contributed by atoms with E-state index in [9.17, 15) is 9.59 Å². The van der Waals surface area contributed by atoms with Crippen molar-refractivity contribution in [1.82, 2.24) is 4.90 Å². The molecule has 1 fully saturated rings. The fourth-order valence-electron chi connectivity index (χ4n) is 3.61. The van der Waals surface area contributed by atoms with Gasteiger partial charge in [-0.1, -0.05) is 6.92 Å². The largest absolute Gasteiger partial charge is 0.493 e. The Bertz CT molecular complexity index is 896. The summed E-state index contributed by atoms with van der Waals surface area (Å²) >= 11 is 0. The molecule has 8 nitrogen and oxygen atoms in total. The Hall–Kier alpha value is -3.42. The van der Waals surface area contributed by atoms with Crippen molar-refractivity contribution in [2.45, 2.75) is 13.3 Å². The topological polar surface area (TPSA) is 80.3 Å². The highest BCUT2D eigenvalue weighted by Gasteiger charge is 2.20. The number of carbonyl (C=O) groups is 2. The zero-order valence-electron chi connectivity index (χ0n) is 18.4. The molecule has 2 aromatic rings. The molecule has 0 unspecified atom stereocenters. The molecule has 1 N–H and O–H groups in total. The highest BCUT2D eigenvalue weighted by molar-refractivity contribution is 6.05. The molecule has 166 valence electrons. The van der Waals surface area contributed by atoms with E-state index in [4.69, 9.17) is 14.2 Å². The first-order valence-corrected chi connectivity index (χ1v) is 10.2. The number of hydrogen-bond acceptors (Lipinski definition) is 6. The van der Waals surface area contributed by atoms with E-state index in [1.165, 1.54) is 21.3 Å². The molecule has 0 aromatic heterocycles. The summed E-state index contributed by atoms with van der Waals surface area (Å²) in [6.45, 7) is 4.93. The first-order chi connectivity index (χ1) is 15.0. The molecule has 31 heavy (non-hydrogen) atoms. The average molecular weight is 428 g/mol. The van der Waals surface area contributed by atoms with Crippen LogP contribution in [-0.4, -0.2) is 64.2 Å². The highest BCUT2D eigenvalue weighted by atomic mass is 16.5. The van der Waals surface area contributed by atoms with Gasteiger partial charge in [0.15, 0.2) is 11.5 Å². The third-order valence-corrected chi connectivity index (χ3v) is 5.35. The number of piperazine rings is 1. The van der Waals surface area contributed by atoms with E-state index in [-0.39, 0.29) is 11.8 Å². The summed E-state index contributed by atoms with van der Waals surface area (Å²) in [5.41, 5.74) is 2.15. The number of carbonyl (C=O) groups excluding carboxylic acids is 2. The maximum atomic E-state index is 12.8. The monoisotopic (exact) mass is 427 g/mol. The lowest BCUT2D eigenvalue weighted by Gasteiger charge is -2.36. The molecule has 1 heterocycles. The minimum Gasteiger partial charge on any atom is -0.493 e. The lowest BCUT2D eigenvalue weighted by atomic mass is 10.1. The van der Waals surface area contributed by atoms with Crippen LogP contribution in [0.4, 0.5) is 11.4 Å². The number of nitrogens with one attached hydrogen (secondary N) is 1. The van der Waals surface area contributed by atoms with Crippen molar-refractivity contribution in [3.8, 4) is 17.2 Å². The Morgan fingerprint density at radius 1 is 0.903 bits per heavy atom. The van der Waals surface area contributed by atoms with Crippen LogP contribution in [0.2, 0.25) is 0 Å². The van der Waals surface area contributed by atoms with Gasteiger partial charge in [0.2, 0.25) is 11.7 Å². The third-order valence-electron chi connectivity index (χ3n) is 5.35. The van der Waals surface area contributed by atoms with E-state index >= 15 is 0 Å². The Morgan fingerprint density at radius 2 is 1.48 bits per heavy atom. The Labute approximate surface area is 182 Å². The van der Waals surface area contributed by atoms with Crippen LogP contribution < -0.4 is 24.4 Å². The summed E-state index contributed by atoms with van der Waals surface area (Å²) in [5.74, 6) is 1.20. The predicted molar refractivity (Wildman–Crippen MR) is 120 cm³/mol. The number of benzene rings is 2. The molecule has 2 amide bonds. The Balaban J connectivity index is 1.66. The molecule has 0 bridgehead atoms.